The summed E-state index contributed by atoms with van der Waals surface area (Å²) in [6, 6.07) is 4.94. The largest absolute Gasteiger partial charge is 0.256 e. The normalized spacial score (nSPS) is 10.7. The Hall–Kier alpha value is -0.960. The molecule has 0 aliphatic rings. The Morgan fingerprint density at radius 1 is 1.31 bits per heavy atom. The molecule has 0 amide bonds. The van der Waals surface area contributed by atoms with E-state index in [4.69, 9.17) is 0 Å². The van der Waals surface area contributed by atoms with Gasteiger partial charge in [-0.2, -0.15) is 0 Å². The van der Waals surface area contributed by atoms with Crippen molar-refractivity contribution in [1.29, 1.82) is 0 Å². The number of hydrogen-bond donors (Lipinski definition) is 0. The van der Waals surface area contributed by atoms with Gasteiger partial charge in [-0.1, -0.05) is 6.07 Å². The summed E-state index contributed by atoms with van der Waals surface area (Å²) in [6.07, 6.45) is 1.67. The van der Waals surface area contributed by atoms with Crippen LogP contribution in [0.4, 0.5) is 4.39 Å². The molecule has 0 radical (unpaired) electrons. The summed E-state index contributed by atoms with van der Waals surface area (Å²) < 4.78 is 14.1. The quantitative estimate of drug-likeness (QED) is 0.687. The van der Waals surface area contributed by atoms with Crippen LogP contribution in [0.5, 0.6) is 0 Å². The molecule has 0 N–H and O–H groups in total. The minimum absolute atomic E-state index is 0.236. The molecular weight excluding hydrogens is 233 g/mol. The van der Waals surface area contributed by atoms with Crippen molar-refractivity contribution in [3.8, 4) is 0 Å². The van der Waals surface area contributed by atoms with Crippen molar-refractivity contribution in [3.63, 3.8) is 0 Å². The van der Waals surface area contributed by atoms with Crippen LogP contribution in [0.3, 0.4) is 0 Å². The SMILES string of the molecule is Cc1ccc(F)c2c(Br)ccnc12. The van der Waals surface area contributed by atoms with Gasteiger partial charge in [0, 0.05) is 10.7 Å². The molecule has 1 aromatic heterocycles. The third-order valence-corrected chi connectivity index (χ3v) is 2.65. The van der Waals surface area contributed by atoms with E-state index in [1.54, 1.807) is 18.3 Å². The Bertz CT molecular complexity index is 459. The van der Waals surface area contributed by atoms with Crippen LogP contribution >= 0.6 is 15.9 Å². The van der Waals surface area contributed by atoms with E-state index in [9.17, 15) is 4.39 Å². The molecule has 0 spiro atoms. The van der Waals surface area contributed by atoms with Crippen molar-refractivity contribution < 1.29 is 4.39 Å². The molecule has 0 bridgehead atoms. The maximum absolute atomic E-state index is 13.4. The number of fused-ring (bicyclic) bond motifs is 1. The van der Waals surface area contributed by atoms with Gasteiger partial charge in [0.05, 0.1) is 10.9 Å². The van der Waals surface area contributed by atoms with Crippen LogP contribution in [-0.2, 0) is 0 Å². The van der Waals surface area contributed by atoms with Crippen molar-refractivity contribution in [1.82, 2.24) is 4.98 Å². The summed E-state index contributed by atoms with van der Waals surface area (Å²) in [5.41, 5.74) is 1.70. The molecule has 2 aromatic rings. The van der Waals surface area contributed by atoms with Crippen molar-refractivity contribution in [2.75, 3.05) is 0 Å². The average Bonchev–Trinajstić information content (AvgIpc) is 2.12. The van der Waals surface area contributed by atoms with Gasteiger partial charge in [-0.3, -0.25) is 4.98 Å². The zero-order valence-corrected chi connectivity index (χ0v) is 8.60. The number of hydrogen-bond acceptors (Lipinski definition) is 1. The Labute approximate surface area is 83.7 Å². The fraction of sp³-hybridized carbons (Fsp3) is 0.100. The van der Waals surface area contributed by atoms with E-state index in [0.29, 0.717) is 5.39 Å². The molecule has 0 aliphatic heterocycles. The number of aryl methyl sites for hydroxylation is 1. The predicted molar refractivity (Wildman–Crippen MR) is 54.1 cm³/mol. The van der Waals surface area contributed by atoms with Gasteiger partial charge in [0.15, 0.2) is 0 Å². The van der Waals surface area contributed by atoms with E-state index in [1.165, 1.54) is 6.07 Å². The molecule has 1 heterocycles. The van der Waals surface area contributed by atoms with Gasteiger partial charge in [-0.05, 0) is 40.5 Å². The van der Waals surface area contributed by atoms with Crippen LogP contribution in [-0.4, -0.2) is 4.98 Å². The molecule has 1 aromatic carbocycles. The highest BCUT2D eigenvalue weighted by molar-refractivity contribution is 9.10. The molecule has 0 saturated carbocycles. The van der Waals surface area contributed by atoms with Crippen molar-refractivity contribution in [3.05, 3.63) is 40.2 Å². The zero-order valence-electron chi connectivity index (χ0n) is 7.01. The number of rotatable bonds is 0. The van der Waals surface area contributed by atoms with Gasteiger partial charge in [0.1, 0.15) is 5.82 Å². The summed E-state index contributed by atoms with van der Waals surface area (Å²) in [5.74, 6) is -0.236. The Morgan fingerprint density at radius 2 is 2.08 bits per heavy atom. The second-order valence-corrected chi connectivity index (χ2v) is 3.74. The smallest absolute Gasteiger partial charge is 0.133 e. The number of pyridine rings is 1. The van der Waals surface area contributed by atoms with Gasteiger partial charge in [0.2, 0.25) is 0 Å². The van der Waals surface area contributed by atoms with Crippen molar-refractivity contribution >= 4 is 26.8 Å². The van der Waals surface area contributed by atoms with E-state index >= 15 is 0 Å². The highest BCUT2D eigenvalue weighted by atomic mass is 79.9. The number of nitrogens with zero attached hydrogens (tertiary/aromatic N) is 1. The lowest BCUT2D eigenvalue weighted by atomic mass is 10.1. The van der Waals surface area contributed by atoms with E-state index in [2.05, 4.69) is 20.9 Å². The third-order valence-electron chi connectivity index (χ3n) is 1.99. The van der Waals surface area contributed by atoms with Crippen molar-refractivity contribution in [2.45, 2.75) is 6.92 Å². The summed E-state index contributed by atoms with van der Waals surface area (Å²) in [5, 5.41) is 0.558. The predicted octanol–water partition coefficient (Wildman–Crippen LogP) is 3.44. The molecular formula is C10H7BrFN. The minimum Gasteiger partial charge on any atom is -0.256 e. The third kappa shape index (κ3) is 1.33. The lowest BCUT2D eigenvalue weighted by Gasteiger charge is -2.03. The fourth-order valence-corrected chi connectivity index (χ4v) is 1.82. The maximum Gasteiger partial charge on any atom is 0.133 e. The second-order valence-electron chi connectivity index (χ2n) is 2.88. The first-order valence-electron chi connectivity index (χ1n) is 3.89. The number of halogens is 2. The standard InChI is InChI=1S/C10H7BrFN/c1-6-2-3-8(12)9-7(11)4-5-13-10(6)9/h2-5H,1H3. The number of aromatic nitrogens is 1. The topological polar surface area (TPSA) is 12.9 Å². The maximum atomic E-state index is 13.4. The molecule has 13 heavy (non-hydrogen) atoms. The molecule has 1 nitrogen and oxygen atoms in total. The minimum atomic E-state index is -0.236. The average molecular weight is 240 g/mol. The van der Waals surface area contributed by atoms with Gasteiger partial charge in [-0.15, -0.1) is 0 Å². The van der Waals surface area contributed by atoms with Gasteiger partial charge < -0.3 is 0 Å². The highest BCUT2D eigenvalue weighted by Crippen LogP contribution is 2.26. The summed E-state index contributed by atoms with van der Waals surface area (Å²) in [4.78, 5) is 4.13. The Balaban J connectivity index is 3.00. The van der Waals surface area contributed by atoms with Crippen LogP contribution in [0.15, 0.2) is 28.9 Å². The summed E-state index contributed by atoms with van der Waals surface area (Å²) >= 11 is 3.30. The van der Waals surface area contributed by atoms with E-state index < -0.39 is 0 Å². The van der Waals surface area contributed by atoms with Gasteiger partial charge >= 0.3 is 0 Å². The van der Waals surface area contributed by atoms with Gasteiger partial charge in [-0.25, -0.2) is 4.39 Å². The first-order valence-corrected chi connectivity index (χ1v) is 4.69. The Morgan fingerprint density at radius 3 is 2.77 bits per heavy atom. The summed E-state index contributed by atoms with van der Waals surface area (Å²) in [7, 11) is 0. The lowest BCUT2D eigenvalue weighted by Crippen LogP contribution is -1.87. The van der Waals surface area contributed by atoms with Crippen LogP contribution < -0.4 is 0 Å². The van der Waals surface area contributed by atoms with Crippen LogP contribution in [0, 0.1) is 12.7 Å². The number of benzene rings is 1. The molecule has 0 fully saturated rings. The van der Waals surface area contributed by atoms with E-state index in [1.807, 2.05) is 6.92 Å². The molecule has 0 aliphatic carbocycles. The fourth-order valence-electron chi connectivity index (χ4n) is 1.32. The van der Waals surface area contributed by atoms with Gasteiger partial charge in [0.25, 0.3) is 0 Å². The molecule has 66 valence electrons. The van der Waals surface area contributed by atoms with Crippen LogP contribution in [0.2, 0.25) is 0 Å². The lowest BCUT2D eigenvalue weighted by molar-refractivity contribution is 0.639. The molecule has 0 atom stereocenters. The Kier molecular flexibility index (Phi) is 2.04. The summed E-state index contributed by atoms with van der Waals surface area (Å²) in [6.45, 7) is 1.92. The molecule has 0 unspecified atom stereocenters. The first kappa shape index (κ1) is 8.63. The van der Waals surface area contributed by atoms with E-state index in [-0.39, 0.29) is 5.82 Å². The van der Waals surface area contributed by atoms with Crippen LogP contribution in [0.1, 0.15) is 5.56 Å². The first-order chi connectivity index (χ1) is 6.20. The van der Waals surface area contributed by atoms with Crippen molar-refractivity contribution in [2.24, 2.45) is 0 Å². The molecule has 2 rings (SSSR count). The zero-order chi connectivity index (χ0) is 9.42. The highest BCUT2D eigenvalue weighted by Gasteiger charge is 2.06. The molecule has 3 heteroatoms. The second kappa shape index (κ2) is 3.07. The van der Waals surface area contributed by atoms with Crippen LogP contribution in [0.25, 0.3) is 10.9 Å². The monoisotopic (exact) mass is 239 g/mol. The molecule has 0 saturated heterocycles. The van der Waals surface area contributed by atoms with E-state index in [0.717, 1.165) is 15.6 Å².